The number of hydrogen-bond donors (Lipinski definition) is 1. The van der Waals surface area contributed by atoms with Crippen LogP contribution in [0.1, 0.15) is 18.9 Å². The number of esters is 1. The minimum absolute atomic E-state index is 0.0933. The summed E-state index contributed by atoms with van der Waals surface area (Å²) in [6, 6.07) is 6.13. The lowest BCUT2D eigenvalue weighted by Gasteiger charge is -2.32. The molecule has 0 fully saturated rings. The van der Waals surface area contributed by atoms with E-state index in [0.29, 0.717) is 10.6 Å². The first kappa shape index (κ1) is 16.8. The Bertz CT molecular complexity index is 479. The summed E-state index contributed by atoms with van der Waals surface area (Å²) in [6.07, 6.45) is -4.34. The molecule has 1 N–H and O–H groups in total. The Morgan fingerprint density at radius 2 is 2.05 bits per heavy atom. The third-order valence-electron chi connectivity index (χ3n) is 2.97. The molecule has 1 atom stereocenters. The van der Waals surface area contributed by atoms with Crippen molar-refractivity contribution in [1.82, 2.24) is 5.32 Å². The van der Waals surface area contributed by atoms with Crippen molar-refractivity contribution >= 4 is 17.6 Å². The fraction of sp³-hybridized carbons (Fsp3) is 0.462. The summed E-state index contributed by atoms with van der Waals surface area (Å²) in [5.41, 5.74) is -1.24. The Balaban J connectivity index is 3.21. The van der Waals surface area contributed by atoms with Crippen LogP contribution in [0.25, 0.3) is 0 Å². The molecule has 0 spiro atoms. The maximum Gasteiger partial charge on any atom is 0.401 e. The van der Waals surface area contributed by atoms with E-state index in [1.807, 2.05) is 0 Å². The molecule has 1 unspecified atom stereocenters. The van der Waals surface area contributed by atoms with E-state index in [2.05, 4.69) is 10.1 Å². The van der Waals surface area contributed by atoms with Crippen molar-refractivity contribution in [3.05, 3.63) is 34.9 Å². The normalized spacial score (nSPS) is 14.7. The van der Waals surface area contributed by atoms with Crippen LogP contribution in [0.5, 0.6) is 0 Å². The van der Waals surface area contributed by atoms with E-state index in [-0.39, 0.29) is 6.42 Å². The van der Waals surface area contributed by atoms with Gasteiger partial charge in [0, 0.05) is 5.02 Å². The fourth-order valence-corrected chi connectivity index (χ4v) is 2.14. The number of carbonyl (C=O) groups is 1. The number of carbonyl (C=O) groups excluding carboxylic acids is 1. The van der Waals surface area contributed by atoms with E-state index in [1.165, 1.54) is 12.1 Å². The summed E-state index contributed by atoms with van der Waals surface area (Å²) < 4.78 is 42.0. The molecule has 1 aromatic rings. The summed E-state index contributed by atoms with van der Waals surface area (Å²) in [5.74, 6) is -0.786. The first-order chi connectivity index (χ1) is 9.25. The zero-order valence-corrected chi connectivity index (χ0v) is 11.8. The smallest absolute Gasteiger partial charge is 0.401 e. The zero-order chi connectivity index (χ0) is 15.4. The molecule has 20 heavy (non-hydrogen) atoms. The molecular formula is C13H15ClF3NO2. The van der Waals surface area contributed by atoms with Crippen LogP contribution in [0.2, 0.25) is 5.02 Å². The summed E-state index contributed by atoms with van der Waals surface area (Å²) >= 11 is 5.84. The van der Waals surface area contributed by atoms with E-state index >= 15 is 0 Å². The van der Waals surface area contributed by atoms with Gasteiger partial charge in [0.05, 0.1) is 13.7 Å². The fourth-order valence-electron chi connectivity index (χ4n) is 1.94. The van der Waals surface area contributed by atoms with Crippen molar-refractivity contribution in [3.63, 3.8) is 0 Å². The molecule has 0 heterocycles. The first-order valence-corrected chi connectivity index (χ1v) is 6.29. The molecule has 0 saturated heterocycles. The van der Waals surface area contributed by atoms with Gasteiger partial charge in [-0.1, -0.05) is 30.7 Å². The van der Waals surface area contributed by atoms with E-state index in [0.717, 1.165) is 7.11 Å². The summed E-state index contributed by atoms with van der Waals surface area (Å²) in [6.45, 7) is 0.295. The van der Waals surface area contributed by atoms with Crippen LogP contribution >= 0.6 is 11.6 Å². The molecule has 0 aliphatic heterocycles. The number of ether oxygens (including phenoxy) is 1. The molecule has 0 aliphatic carbocycles. The van der Waals surface area contributed by atoms with Gasteiger partial charge in [-0.05, 0) is 24.1 Å². The Labute approximate surface area is 120 Å². The van der Waals surface area contributed by atoms with Gasteiger partial charge in [0.25, 0.3) is 0 Å². The van der Waals surface area contributed by atoms with Gasteiger partial charge < -0.3 is 4.74 Å². The number of nitrogens with one attached hydrogen (secondary N) is 1. The Morgan fingerprint density at radius 3 is 2.50 bits per heavy atom. The van der Waals surface area contributed by atoms with Crippen LogP contribution in [0.3, 0.4) is 0 Å². The predicted molar refractivity (Wildman–Crippen MR) is 69.5 cm³/mol. The molecule has 0 bridgehead atoms. The van der Waals surface area contributed by atoms with Crippen LogP contribution in [0.4, 0.5) is 13.2 Å². The second-order valence-corrected chi connectivity index (χ2v) is 4.67. The standard InChI is InChI=1S/C13H15ClF3NO2/c1-3-12(11(19)20-2,18-8-13(15,16)17)9-5-4-6-10(14)7-9/h4-7,18H,3,8H2,1-2H3. The van der Waals surface area contributed by atoms with Crippen molar-refractivity contribution in [2.45, 2.75) is 25.1 Å². The summed E-state index contributed by atoms with van der Waals surface area (Å²) in [4.78, 5) is 12.0. The minimum atomic E-state index is -4.44. The van der Waals surface area contributed by atoms with Gasteiger partial charge in [-0.15, -0.1) is 0 Å². The van der Waals surface area contributed by atoms with Crippen molar-refractivity contribution in [1.29, 1.82) is 0 Å². The second-order valence-electron chi connectivity index (χ2n) is 4.23. The van der Waals surface area contributed by atoms with E-state index in [9.17, 15) is 18.0 Å². The third kappa shape index (κ3) is 3.86. The van der Waals surface area contributed by atoms with Gasteiger partial charge in [0.1, 0.15) is 5.54 Å². The van der Waals surface area contributed by atoms with Gasteiger partial charge in [0.2, 0.25) is 0 Å². The maximum atomic E-state index is 12.4. The first-order valence-electron chi connectivity index (χ1n) is 5.91. The highest BCUT2D eigenvalue weighted by atomic mass is 35.5. The molecule has 1 aromatic carbocycles. The quantitative estimate of drug-likeness (QED) is 0.848. The van der Waals surface area contributed by atoms with Crippen molar-refractivity contribution in [2.75, 3.05) is 13.7 Å². The highest BCUT2D eigenvalue weighted by Gasteiger charge is 2.42. The second kappa shape index (κ2) is 6.45. The van der Waals surface area contributed by atoms with Crippen LogP contribution in [-0.2, 0) is 15.1 Å². The average Bonchev–Trinajstić information content (AvgIpc) is 2.38. The van der Waals surface area contributed by atoms with Crippen LogP contribution in [0, 0.1) is 0 Å². The molecule has 0 radical (unpaired) electrons. The van der Waals surface area contributed by atoms with E-state index in [1.54, 1.807) is 19.1 Å². The molecular weight excluding hydrogens is 295 g/mol. The van der Waals surface area contributed by atoms with Crippen LogP contribution < -0.4 is 5.32 Å². The van der Waals surface area contributed by atoms with E-state index in [4.69, 9.17) is 11.6 Å². The summed E-state index contributed by atoms with van der Waals surface area (Å²) in [5, 5.41) is 2.59. The van der Waals surface area contributed by atoms with Gasteiger partial charge >= 0.3 is 12.1 Å². The lowest BCUT2D eigenvalue weighted by molar-refractivity contribution is -0.154. The number of benzene rings is 1. The number of hydrogen-bond acceptors (Lipinski definition) is 3. The van der Waals surface area contributed by atoms with Gasteiger partial charge in [0.15, 0.2) is 0 Å². The third-order valence-corrected chi connectivity index (χ3v) is 3.21. The Morgan fingerprint density at radius 1 is 1.40 bits per heavy atom. The minimum Gasteiger partial charge on any atom is -0.467 e. The molecule has 1 rings (SSSR count). The SMILES string of the molecule is CCC(NCC(F)(F)F)(C(=O)OC)c1cccc(Cl)c1. The lowest BCUT2D eigenvalue weighted by atomic mass is 9.87. The van der Waals surface area contributed by atoms with Crippen LogP contribution in [0.15, 0.2) is 24.3 Å². The predicted octanol–water partition coefficient (Wildman–Crippen LogP) is 3.27. The monoisotopic (exact) mass is 309 g/mol. The largest absolute Gasteiger partial charge is 0.467 e. The maximum absolute atomic E-state index is 12.4. The van der Waals surface area contributed by atoms with Crippen molar-refractivity contribution in [2.24, 2.45) is 0 Å². The molecule has 0 aliphatic rings. The number of methoxy groups -OCH3 is 1. The molecule has 0 saturated carbocycles. The summed E-state index contributed by atoms with van der Waals surface area (Å²) in [7, 11) is 1.13. The molecule has 3 nitrogen and oxygen atoms in total. The van der Waals surface area contributed by atoms with Crippen LogP contribution in [-0.4, -0.2) is 25.8 Å². The number of halogens is 4. The number of rotatable bonds is 5. The molecule has 7 heteroatoms. The van der Waals surface area contributed by atoms with Gasteiger partial charge in [-0.3, -0.25) is 5.32 Å². The lowest BCUT2D eigenvalue weighted by Crippen LogP contribution is -2.52. The Kier molecular flexibility index (Phi) is 5.42. The highest BCUT2D eigenvalue weighted by Crippen LogP contribution is 2.30. The van der Waals surface area contributed by atoms with Crippen molar-refractivity contribution < 1.29 is 22.7 Å². The highest BCUT2D eigenvalue weighted by molar-refractivity contribution is 6.30. The topological polar surface area (TPSA) is 38.3 Å². The van der Waals surface area contributed by atoms with Crippen molar-refractivity contribution in [3.8, 4) is 0 Å². The molecule has 0 aromatic heterocycles. The van der Waals surface area contributed by atoms with E-state index < -0.39 is 24.2 Å². The molecule has 0 amide bonds. The average molecular weight is 310 g/mol. The van der Waals surface area contributed by atoms with Gasteiger partial charge in [-0.25, -0.2) is 4.79 Å². The Hall–Kier alpha value is -1.27. The zero-order valence-electron chi connectivity index (χ0n) is 11.1. The molecule has 112 valence electrons. The number of alkyl halides is 3. The van der Waals surface area contributed by atoms with Gasteiger partial charge in [-0.2, -0.15) is 13.2 Å².